The van der Waals surface area contributed by atoms with Crippen LogP contribution in [0.5, 0.6) is 0 Å². The summed E-state index contributed by atoms with van der Waals surface area (Å²) >= 11 is 0. The van der Waals surface area contributed by atoms with Gasteiger partial charge in [0.1, 0.15) is 0 Å². The fraction of sp³-hybridized carbons (Fsp3) is 0.462. The molecule has 0 radical (unpaired) electrons. The Bertz CT molecular complexity index is 1090. The van der Waals surface area contributed by atoms with Crippen LogP contribution in [-0.4, -0.2) is 83.8 Å². The molecule has 0 saturated carbocycles. The number of nitrogens with one attached hydrogen (secondary N) is 2. The molecule has 2 aromatic carbocycles. The van der Waals surface area contributed by atoms with E-state index in [4.69, 9.17) is 0 Å². The van der Waals surface area contributed by atoms with Gasteiger partial charge >= 0.3 is 0 Å². The Morgan fingerprint density at radius 3 is 1.45 bits per heavy atom. The largest absolute Gasteiger partial charge is 0.352 e. The number of aryl methyl sites for hydroxylation is 2. The lowest BCUT2D eigenvalue weighted by atomic mass is 10.1. The van der Waals surface area contributed by atoms with E-state index in [0.29, 0.717) is 24.2 Å². The van der Waals surface area contributed by atoms with E-state index < -0.39 is 9.85 Å². The first kappa shape index (κ1) is 28.7. The van der Waals surface area contributed by atoms with E-state index in [1.165, 1.54) is 12.1 Å². The summed E-state index contributed by atoms with van der Waals surface area (Å²) < 4.78 is 0. The topological polar surface area (TPSA) is 151 Å². The quantitative estimate of drug-likeness (QED) is 0.243. The third kappa shape index (κ3) is 8.05. The molecule has 0 aliphatic carbocycles. The van der Waals surface area contributed by atoms with Crippen LogP contribution in [0.3, 0.4) is 0 Å². The highest BCUT2D eigenvalue weighted by atomic mass is 16.6. The molecule has 204 valence electrons. The molecule has 1 aliphatic rings. The van der Waals surface area contributed by atoms with Crippen molar-refractivity contribution in [3.63, 3.8) is 0 Å². The number of nitro groups is 2. The minimum absolute atomic E-state index is 0.0598. The Kier molecular flexibility index (Phi) is 10.3. The number of carbonyl (C=O) groups excluding carboxylic acids is 2. The average Bonchev–Trinajstić information content (AvgIpc) is 2.89. The van der Waals surface area contributed by atoms with E-state index in [1.807, 2.05) is 0 Å². The summed E-state index contributed by atoms with van der Waals surface area (Å²) in [4.78, 5) is 50.5. The smallest absolute Gasteiger partial charge is 0.273 e. The molecule has 1 aliphatic heterocycles. The Morgan fingerprint density at radius 1 is 0.737 bits per heavy atom. The number of hydrogen-bond donors (Lipinski definition) is 2. The molecule has 12 heteroatoms. The van der Waals surface area contributed by atoms with Crippen LogP contribution < -0.4 is 10.6 Å². The number of hydrogen-bond acceptors (Lipinski definition) is 8. The van der Waals surface area contributed by atoms with Gasteiger partial charge in [0.05, 0.1) is 9.85 Å². The molecule has 2 amide bonds. The van der Waals surface area contributed by atoms with E-state index in [0.717, 1.165) is 52.1 Å². The number of nitrogens with zero attached hydrogens (tertiary/aromatic N) is 4. The number of nitro benzene ring substituents is 2. The molecular weight excluding hydrogens is 492 g/mol. The number of amides is 2. The van der Waals surface area contributed by atoms with Gasteiger partial charge in [-0.3, -0.25) is 29.8 Å². The van der Waals surface area contributed by atoms with Crippen molar-refractivity contribution in [3.05, 3.63) is 78.9 Å². The van der Waals surface area contributed by atoms with Gasteiger partial charge in [-0.15, -0.1) is 0 Å². The fourth-order valence-corrected chi connectivity index (χ4v) is 4.34. The summed E-state index contributed by atoms with van der Waals surface area (Å²) in [6.45, 7) is 9.61. The van der Waals surface area contributed by atoms with Crippen molar-refractivity contribution in [1.82, 2.24) is 20.4 Å². The highest BCUT2D eigenvalue weighted by molar-refractivity contribution is 5.95. The van der Waals surface area contributed by atoms with Crippen LogP contribution in [-0.2, 0) is 0 Å². The lowest BCUT2D eigenvalue weighted by Gasteiger charge is -2.34. The molecule has 0 aromatic heterocycles. The number of piperazine rings is 1. The average molecular weight is 527 g/mol. The van der Waals surface area contributed by atoms with E-state index in [2.05, 4.69) is 20.4 Å². The molecule has 1 heterocycles. The summed E-state index contributed by atoms with van der Waals surface area (Å²) in [6, 6.07) is 8.97. The minimum atomic E-state index is -0.483. The molecule has 2 N–H and O–H groups in total. The van der Waals surface area contributed by atoms with Gasteiger partial charge in [-0.25, -0.2) is 0 Å². The Balaban J connectivity index is 1.28. The van der Waals surface area contributed by atoms with E-state index >= 15 is 0 Å². The summed E-state index contributed by atoms with van der Waals surface area (Å²) in [5.74, 6) is -0.628. The van der Waals surface area contributed by atoms with E-state index in [1.54, 1.807) is 38.1 Å². The molecule has 1 fully saturated rings. The van der Waals surface area contributed by atoms with Crippen LogP contribution in [0.4, 0.5) is 11.4 Å². The second kappa shape index (κ2) is 13.6. The normalized spacial score (nSPS) is 14.2. The molecule has 1 saturated heterocycles. The highest BCUT2D eigenvalue weighted by Crippen LogP contribution is 2.20. The van der Waals surface area contributed by atoms with E-state index in [-0.39, 0.29) is 34.3 Å². The van der Waals surface area contributed by atoms with Gasteiger partial charge in [-0.05, 0) is 51.9 Å². The molecule has 2 aromatic rings. The van der Waals surface area contributed by atoms with Crippen LogP contribution >= 0.6 is 0 Å². The number of benzene rings is 2. The van der Waals surface area contributed by atoms with Crippen LogP contribution in [0.2, 0.25) is 0 Å². The third-order valence-corrected chi connectivity index (χ3v) is 6.67. The second-order valence-electron chi connectivity index (χ2n) is 9.42. The van der Waals surface area contributed by atoms with Crippen LogP contribution in [0, 0.1) is 34.1 Å². The molecule has 0 bridgehead atoms. The van der Waals surface area contributed by atoms with Gasteiger partial charge in [-0.2, -0.15) is 0 Å². The first-order chi connectivity index (χ1) is 18.2. The maximum absolute atomic E-state index is 12.3. The SMILES string of the molecule is Cc1ccc(C(=O)NCCCN2CCN(CCCNC(=O)c3ccc(C)c([N+](=O)[O-])c3)CC2)cc1[N+](=O)[O-]. The summed E-state index contributed by atoms with van der Waals surface area (Å²) in [6.07, 6.45) is 1.56. The van der Waals surface area contributed by atoms with Crippen molar-refractivity contribution in [2.24, 2.45) is 0 Å². The summed E-state index contributed by atoms with van der Waals surface area (Å²) in [5.41, 5.74) is 1.49. The third-order valence-electron chi connectivity index (χ3n) is 6.67. The number of rotatable bonds is 12. The Labute approximate surface area is 221 Å². The molecule has 0 atom stereocenters. The van der Waals surface area contributed by atoms with Gasteiger partial charge in [0.2, 0.25) is 0 Å². The van der Waals surface area contributed by atoms with Gasteiger partial charge in [0.15, 0.2) is 0 Å². The zero-order chi connectivity index (χ0) is 27.7. The van der Waals surface area contributed by atoms with E-state index in [9.17, 15) is 29.8 Å². The zero-order valence-corrected chi connectivity index (χ0v) is 21.8. The minimum Gasteiger partial charge on any atom is -0.352 e. The van der Waals surface area contributed by atoms with Gasteiger partial charge < -0.3 is 20.4 Å². The van der Waals surface area contributed by atoms with Crippen molar-refractivity contribution >= 4 is 23.2 Å². The van der Waals surface area contributed by atoms with Crippen LogP contribution in [0.25, 0.3) is 0 Å². The summed E-state index contributed by atoms with van der Waals surface area (Å²) in [7, 11) is 0. The monoisotopic (exact) mass is 526 g/mol. The standard InChI is InChI=1S/C26H34N6O6/c1-19-5-7-21(17-23(19)31(35)36)25(33)27-9-3-11-29-13-15-30(16-14-29)12-4-10-28-26(34)22-8-6-20(2)24(18-22)32(37)38/h5-8,17-18H,3-4,9-16H2,1-2H3,(H,27,33)(H,28,34). The van der Waals surface area contributed by atoms with Crippen molar-refractivity contribution in [2.75, 3.05) is 52.4 Å². The van der Waals surface area contributed by atoms with Crippen LogP contribution in [0.15, 0.2) is 36.4 Å². The molecule has 0 unspecified atom stereocenters. The van der Waals surface area contributed by atoms with Gasteiger partial charge in [0.25, 0.3) is 23.2 Å². The highest BCUT2D eigenvalue weighted by Gasteiger charge is 2.18. The summed E-state index contributed by atoms with van der Waals surface area (Å²) in [5, 5.41) is 27.8. The van der Waals surface area contributed by atoms with Crippen molar-refractivity contribution in [3.8, 4) is 0 Å². The lowest BCUT2D eigenvalue weighted by Crippen LogP contribution is -2.47. The van der Waals surface area contributed by atoms with Gasteiger partial charge in [0, 0.05) is 73.7 Å². The Hall–Kier alpha value is -3.90. The number of carbonyl (C=O) groups is 2. The second-order valence-corrected chi connectivity index (χ2v) is 9.42. The van der Waals surface area contributed by atoms with Crippen molar-refractivity contribution in [2.45, 2.75) is 26.7 Å². The first-order valence-corrected chi connectivity index (χ1v) is 12.7. The maximum Gasteiger partial charge on any atom is 0.273 e. The van der Waals surface area contributed by atoms with Crippen molar-refractivity contribution in [1.29, 1.82) is 0 Å². The Morgan fingerprint density at radius 2 is 1.11 bits per heavy atom. The van der Waals surface area contributed by atoms with Gasteiger partial charge in [-0.1, -0.05) is 12.1 Å². The molecule has 3 rings (SSSR count). The first-order valence-electron chi connectivity index (χ1n) is 12.7. The molecule has 0 spiro atoms. The molecular formula is C26H34N6O6. The lowest BCUT2D eigenvalue weighted by molar-refractivity contribution is -0.385. The van der Waals surface area contributed by atoms with Crippen molar-refractivity contribution < 1.29 is 19.4 Å². The fourth-order valence-electron chi connectivity index (χ4n) is 4.34. The zero-order valence-electron chi connectivity index (χ0n) is 21.8. The molecule has 12 nitrogen and oxygen atoms in total. The maximum atomic E-state index is 12.3. The van der Waals surface area contributed by atoms with Crippen LogP contribution in [0.1, 0.15) is 44.7 Å². The predicted octanol–water partition coefficient (Wildman–Crippen LogP) is 2.68. The predicted molar refractivity (Wildman–Crippen MR) is 142 cm³/mol. The molecule has 38 heavy (non-hydrogen) atoms.